The number of aromatic nitrogens is 2. The molecule has 0 aliphatic carbocycles. The summed E-state index contributed by atoms with van der Waals surface area (Å²) in [5, 5.41) is 16.3. The molecular weight excluding hydrogens is 218 g/mol. The van der Waals surface area contributed by atoms with Crippen LogP contribution in [0, 0.1) is 6.92 Å². The molecule has 1 heterocycles. The van der Waals surface area contributed by atoms with Crippen LogP contribution in [-0.4, -0.2) is 34.6 Å². The summed E-state index contributed by atoms with van der Waals surface area (Å²) >= 11 is 0. The van der Waals surface area contributed by atoms with Gasteiger partial charge in [-0.1, -0.05) is 12.7 Å². The number of aliphatic hydroxyl groups excluding tert-OH is 1. The molecule has 0 amide bonds. The van der Waals surface area contributed by atoms with Crippen LogP contribution >= 0.6 is 0 Å². The van der Waals surface area contributed by atoms with Gasteiger partial charge in [0.1, 0.15) is 6.61 Å². The van der Waals surface area contributed by atoms with Crippen LogP contribution in [-0.2, 0) is 13.6 Å². The molecule has 0 radical (unpaired) electrons. The van der Waals surface area contributed by atoms with E-state index in [0.717, 1.165) is 30.1 Å². The van der Waals surface area contributed by atoms with E-state index in [1.807, 2.05) is 14.0 Å². The maximum absolute atomic E-state index is 8.70. The number of aryl methyl sites for hydroxylation is 2. The molecule has 0 saturated carbocycles. The van der Waals surface area contributed by atoms with Crippen molar-refractivity contribution in [1.82, 2.24) is 15.1 Å². The number of hydrogen-bond acceptors (Lipinski definition) is 4. The lowest BCUT2D eigenvalue weighted by Crippen LogP contribution is -2.16. The average Bonchev–Trinajstić information content (AvgIpc) is 2.57. The van der Waals surface area contributed by atoms with Gasteiger partial charge in [-0.3, -0.25) is 0 Å². The van der Waals surface area contributed by atoms with Gasteiger partial charge in [0.25, 0.3) is 0 Å². The van der Waals surface area contributed by atoms with Gasteiger partial charge in [0.05, 0.1) is 11.3 Å². The quantitative estimate of drug-likeness (QED) is 0.519. The fourth-order valence-corrected chi connectivity index (χ4v) is 1.62. The molecule has 0 unspecified atom stereocenters. The summed E-state index contributed by atoms with van der Waals surface area (Å²) in [5.74, 6) is 0.777. The molecule has 96 valence electrons. The minimum Gasteiger partial charge on any atom is -0.473 e. The van der Waals surface area contributed by atoms with Crippen molar-refractivity contribution in [2.45, 2.75) is 19.9 Å². The van der Waals surface area contributed by atoms with E-state index in [1.165, 1.54) is 0 Å². The Morgan fingerprint density at radius 2 is 2.35 bits per heavy atom. The minimum atomic E-state index is 0.207. The second-order valence-electron chi connectivity index (χ2n) is 3.85. The summed E-state index contributed by atoms with van der Waals surface area (Å²) in [4.78, 5) is 0. The molecule has 1 aromatic rings. The predicted molar refractivity (Wildman–Crippen MR) is 67.0 cm³/mol. The molecule has 0 saturated heterocycles. The normalized spacial score (nSPS) is 10.5. The lowest BCUT2D eigenvalue weighted by molar-refractivity contribution is 0.285. The second kappa shape index (κ2) is 7.09. The van der Waals surface area contributed by atoms with E-state index in [-0.39, 0.29) is 6.61 Å². The molecule has 0 spiro atoms. The Morgan fingerprint density at radius 1 is 1.59 bits per heavy atom. The Bertz CT molecular complexity index is 361. The van der Waals surface area contributed by atoms with Gasteiger partial charge in [0.2, 0.25) is 5.88 Å². The Morgan fingerprint density at radius 3 is 3.00 bits per heavy atom. The van der Waals surface area contributed by atoms with Crippen LogP contribution in [0.1, 0.15) is 17.7 Å². The first-order valence-electron chi connectivity index (χ1n) is 5.78. The predicted octanol–water partition coefficient (Wildman–Crippen LogP) is 0.765. The van der Waals surface area contributed by atoms with Crippen LogP contribution in [0.3, 0.4) is 0 Å². The van der Waals surface area contributed by atoms with Crippen LogP contribution in [0.15, 0.2) is 12.7 Å². The number of rotatable bonds is 8. The summed E-state index contributed by atoms with van der Waals surface area (Å²) in [5.41, 5.74) is 2.02. The summed E-state index contributed by atoms with van der Waals surface area (Å²) < 4.78 is 7.33. The first kappa shape index (κ1) is 13.7. The van der Waals surface area contributed by atoms with Crippen molar-refractivity contribution in [3.63, 3.8) is 0 Å². The van der Waals surface area contributed by atoms with Gasteiger partial charge in [0, 0.05) is 20.2 Å². The smallest absolute Gasteiger partial charge is 0.216 e. The summed E-state index contributed by atoms with van der Waals surface area (Å²) in [6, 6.07) is 0. The zero-order chi connectivity index (χ0) is 12.7. The highest BCUT2D eigenvalue weighted by Crippen LogP contribution is 2.21. The molecule has 2 N–H and O–H groups in total. The van der Waals surface area contributed by atoms with Crippen LogP contribution in [0.2, 0.25) is 0 Å². The Labute approximate surface area is 102 Å². The second-order valence-corrected chi connectivity index (χ2v) is 3.85. The van der Waals surface area contributed by atoms with Crippen molar-refractivity contribution in [2.75, 3.05) is 19.8 Å². The standard InChI is InChI=1S/C12H21N3O2/c1-4-8-17-12-11(9-13-6-5-7-16)10(2)14-15(12)3/h4,13,16H,1,5-9H2,2-3H3. The highest BCUT2D eigenvalue weighted by molar-refractivity contribution is 5.30. The maximum Gasteiger partial charge on any atom is 0.216 e. The van der Waals surface area contributed by atoms with Crippen molar-refractivity contribution in [3.05, 3.63) is 23.9 Å². The van der Waals surface area contributed by atoms with E-state index in [4.69, 9.17) is 9.84 Å². The number of nitrogens with one attached hydrogen (secondary N) is 1. The third-order valence-electron chi connectivity index (χ3n) is 2.44. The zero-order valence-electron chi connectivity index (χ0n) is 10.6. The lowest BCUT2D eigenvalue weighted by atomic mass is 10.2. The monoisotopic (exact) mass is 239 g/mol. The number of hydrogen-bond donors (Lipinski definition) is 2. The molecule has 0 atom stereocenters. The van der Waals surface area contributed by atoms with E-state index in [0.29, 0.717) is 13.2 Å². The van der Waals surface area contributed by atoms with E-state index < -0.39 is 0 Å². The van der Waals surface area contributed by atoms with Gasteiger partial charge in [0.15, 0.2) is 0 Å². The molecule has 0 fully saturated rings. The summed E-state index contributed by atoms with van der Waals surface area (Å²) in [6.07, 6.45) is 2.47. The molecule has 0 aliphatic rings. The third kappa shape index (κ3) is 3.87. The van der Waals surface area contributed by atoms with E-state index in [9.17, 15) is 0 Å². The van der Waals surface area contributed by atoms with Crippen molar-refractivity contribution >= 4 is 0 Å². The molecule has 1 rings (SSSR count). The Hall–Kier alpha value is -1.33. The Balaban J connectivity index is 2.64. The van der Waals surface area contributed by atoms with Crippen molar-refractivity contribution in [1.29, 1.82) is 0 Å². The van der Waals surface area contributed by atoms with Crippen LogP contribution in [0.4, 0.5) is 0 Å². The van der Waals surface area contributed by atoms with E-state index in [2.05, 4.69) is 17.0 Å². The first-order valence-corrected chi connectivity index (χ1v) is 5.78. The molecule has 0 aromatic carbocycles. The minimum absolute atomic E-state index is 0.207. The Kier molecular flexibility index (Phi) is 5.72. The van der Waals surface area contributed by atoms with Crippen molar-refractivity contribution < 1.29 is 9.84 Å². The molecule has 1 aromatic heterocycles. The highest BCUT2D eigenvalue weighted by atomic mass is 16.5. The molecule has 17 heavy (non-hydrogen) atoms. The SMILES string of the molecule is C=CCOc1c(CNCCCO)c(C)nn1C. The van der Waals surface area contributed by atoms with Gasteiger partial charge in [-0.25, -0.2) is 4.68 Å². The zero-order valence-corrected chi connectivity index (χ0v) is 10.6. The van der Waals surface area contributed by atoms with E-state index in [1.54, 1.807) is 10.8 Å². The fourth-order valence-electron chi connectivity index (χ4n) is 1.62. The van der Waals surface area contributed by atoms with E-state index >= 15 is 0 Å². The lowest BCUT2D eigenvalue weighted by Gasteiger charge is -2.08. The average molecular weight is 239 g/mol. The highest BCUT2D eigenvalue weighted by Gasteiger charge is 2.13. The fraction of sp³-hybridized carbons (Fsp3) is 0.583. The first-order chi connectivity index (χ1) is 8.20. The van der Waals surface area contributed by atoms with Crippen LogP contribution in [0.25, 0.3) is 0 Å². The van der Waals surface area contributed by atoms with Gasteiger partial charge in [-0.2, -0.15) is 5.10 Å². The van der Waals surface area contributed by atoms with Crippen LogP contribution < -0.4 is 10.1 Å². The molecule has 0 bridgehead atoms. The van der Waals surface area contributed by atoms with Crippen LogP contribution in [0.5, 0.6) is 5.88 Å². The largest absolute Gasteiger partial charge is 0.473 e. The topological polar surface area (TPSA) is 59.3 Å². The van der Waals surface area contributed by atoms with Gasteiger partial charge < -0.3 is 15.2 Å². The maximum atomic E-state index is 8.70. The molecule has 0 aliphatic heterocycles. The van der Waals surface area contributed by atoms with Gasteiger partial charge >= 0.3 is 0 Å². The van der Waals surface area contributed by atoms with Crippen molar-refractivity contribution in [2.24, 2.45) is 7.05 Å². The number of ether oxygens (including phenoxy) is 1. The van der Waals surface area contributed by atoms with Crippen molar-refractivity contribution in [3.8, 4) is 5.88 Å². The summed E-state index contributed by atoms with van der Waals surface area (Å²) in [7, 11) is 1.86. The van der Waals surface area contributed by atoms with Gasteiger partial charge in [-0.05, 0) is 19.9 Å². The third-order valence-corrected chi connectivity index (χ3v) is 2.44. The molecule has 5 nitrogen and oxygen atoms in total. The summed E-state index contributed by atoms with van der Waals surface area (Å²) in [6.45, 7) is 7.76. The number of aliphatic hydroxyl groups is 1. The molecule has 5 heteroatoms. The number of nitrogens with zero attached hydrogens (tertiary/aromatic N) is 2. The van der Waals surface area contributed by atoms with Gasteiger partial charge in [-0.15, -0.1) is 0 Å². The molecular formula is C12H21N3O2.